The lowest BCUT2D eigenvalue weighted by atomic mass is 9.98. The van der Waals surface area contributed by atoms with Crippen LogP contribution in [0.4, 0.5) is 4.39 Å². The lowest BCUT2D eigenvalue weighted by Gasteiger charge is -2.30. The Hall–Kier alpha value is -2.40. The van der Waals surface area contributed by atoms with Crippen molar-refractivity contribution in [3.63, 3.8) is 0 Å². The third kappa shape index (κ3) is 4.53. The maximum absolute atomic E-state index is 14.3. The summed E-state index contributed by atoms with van der Waals surface area (Å²) in [6.07, 6.45) is 11.3. The van der Waals surface area contributed by atoms with Crippen LogP contribution >= 0.6 is 0 Å². The van der Waals surface area contributed by atoms with Crippen molar-refractivity contribution in [2.24, 2.45) is 4.99 Å². The fourth-order valence-electron chi connectivity index (χ4n) is 3.75. The van der Waals surface area contributed by atoms with Crippen molar-refractivity contribution >= 4 is 11.3 Å². The van der Waals surface area contributed by atoms with Crippen molar-refractivity contribution in [2.45, 2.75) is 39.0 Å². The van der Waals surface area contributed by atoms with Crippen molar-refractivity contribution in [3.05, 3.63) is 59.3 Å². The van der Waals surface area contributed by atoms with Crippen molar-refractivity contribution in [3.8, 4) is 5.75 Å². The molecule has 5 heteroatoms. The smallest absolute Gasteiger partial charge is 0.141 e. The van der Waals surface area contributed by atoms with Gasteiger partial charge in [-0.05, 0) is 56.0 Å². The van der Waals surface area contributed by atoms with Gasteiger partial charge in [0, 0.05) is 49.7 Å². The molecule has 0 saturated carbocycles. The number of halogens is 1. The van der Waals surface area contributed by atoms with Crippen LogP contribution in [0.5, 0.6) is 5.75 Å². The second-order valence-electron chi connectivity index (χ2n) is 7.58. The first-order valence-electron chi connectivity index (χ1n) is 10.1. The van der Waals surface area contributed by atoms with E-state index in [-0.39, 0.29) is 5.82 Å². The lowest BCUT2D eigenvalue weighted by molar-refractivity contribution is 0.116. The minimum atomic E-state index is -0.298. The molecule has 3 aliphatic heterocycles. The Labute approximate surface area is 166 Å². The molecule has 0 fully saturated rings. The highest BCUT2D eigenvalue weighted by atomic mass is 19.1. The van der Waals surface area contributed by atoms with Gasteiger partial charge in [-0.15, -0.1) is 0 Å². The maximum atomic E-state index is 14.3. The fraction of sp³-hybridized carbons (Fsp3) is 0.435. The van der Waals surface area contributed by atoms with Crippen LogP contribution in [0.2, 0.25) is 0 Å². The minimum Gasteiger partial charge on any atom is -0.493 e. The molecule has 0 radical (unpaired) electrons. The third-order valence-electron chi connectivity index (χ3n) is 5.13. The maximum Gasteiger partial charge on any atom is 0.141 e. The van der Waals surface area contributed by atoms with Gasteiger partial charge in [-0.25, -0.2) is 9.38 Å². The molecule has 0 saturated heterocycles. The Bertz CT molecular complexity index is 854. The highest BCUT2D eigenvalue weighted by Gasteiger charge is 2.22. The van der Waals surface area contributed by atoms with Gasteiger partial charge >= 0.3 is 0 Å². The molecule has 0 amide bonds. The highest BCUT2D eigenvalue weighted by Crippen LogP contribution is 2.34. The van der Waals surface area contributed by atoms with Crippen LogP contribution in [0.25, 0.3) is 5.57 Å². The molecule has 148 valence electrons. The zero-order chi connectivity index (χ0) is 19.3. The van der Waals surface area contributed by atoms with E-state index in [1.54, 1.807) is 6.07 Å². The lowest BCUT2D eigenvalue weighted by Crippen LogP contribution is -2.26. The molecule has 0 N–H and O–H groups in total. The number of nitrogens with zero attached hydrogens (tertiary/aromatic N) is 2. The molecule has 0 aromatic heterocycles. The Morgan fingerprint density at radius 1 is 1.04 bits per heavy atom. The van der Waals surface area contributed by atoms with Crippen LogP contribution < -0.4 is 4.74 Å². The number of fused-ring (bicyclic) bond motifs is 3. The summed E-state index contributed by atoms with van der Waals surface area (Å²) in [6, 6.07) is 4.91. The molecule has 0 spiro atoms. The predicted octanol–water partition coefficient (Wildman–Crippen LogP) is 5.08. The van der Waals surface area contributed by atoms with E-state index in [1.807, 2.05) is 6.07 Å². The van der Waals surface area contributed by atoms with Crippen LogP contribution in [0.15, 0.2) is 52.9 Å². The average Bonchev–Trinajstić information content (AvgIpc) is 2.68. The summed E-state index contributed by atoms with van der Waals surface area (Å²) in [4.78, 5) is 7.07. The molecule has 0 aliphatic carbocycles. The SMILES string of the molecule is CC1=CC2=C3N=C(C=CN3C1)CCCCCOCCCOc1cc(F)cc2c1. The zero-order valence-corrected chi connectivity index (χ0v) is 16.4. The van der Waals surface area contributed by atoms with Crippen molar-refractivity contribution < 1.29 is 13.9 Å². The largest absolute Gasteiger partial charge is 0.493 e. The van der Waals surface area contributed by atoms with E-state index < -0.39 is 0 Å². The monoisotopic (exact) mass is 382 g/mol. The molecule has 4 rings (SSSR count). The Kier molecular flexibility index (Phi) is 5.91. The van der Waals surface area contributed by atoms with Crippen molar-refractivity contribution in [1.82, 2.24) is 4.90 Å². The van der Waals surface area contributed by atoms with Crippen molar-refractivity contribution in [1.29, 1.82) is 0 Å². The fourth-order valence-corrected chi connectivity index (χ4v) is 3.75. The highest BCUT2D eigenvalue weighted by molar-refractivity contribution is 5.97. The first-order valence-corrected chi connectivity index (χ1v) is 10.1. The van der Waals surface area contributed by atoms with Crippen LogP contribution in [0.3, 0.4) is 0 Å². The van der Waals surface area contributed by atoms with Crippen LogP contribution in [-0.4, -0.2) is 37.0 Å². The molecule has 0 unspecified atom stereocenters. The van der Waals surface area contributed by atoms with Gasteiger partial charge in [0.2, 0.25) is 0 Å². The number of benzene rings is 1. The van der Waals surface area contributed by atoms with E-state index in [4.69, 9.17) is 14.5 Å². The van der Waals surface area contributed by atoms with Gasteiger partial charge in [0.05, 0.1) is 6.61 Å². The Morgan fingerprint density at radius 2 is 1.93 bits per heavy atom. The third-order valence-corrected chi connectivity index (χ3v) is 5.13. The van der Waals surface area contributed by atoms with Crippen LogP contribution in [0, 0.1) is 5.82 Å². The topological polar surface area (TPSA) is 34.1 Å². The molecule has 1 aromatic carbocycles. The number of aliphatic imine (C=N–C) groups is 1. The van der Waals surface area contributed by atoms with Gasteiger partial charge in [0.1, 0.15) is 17.4 Å². The van der Waals surface area contributed by atoms with E-state index in [0.717, 1.165) is 67.9 Å². The number of allylic oxidation sites excluding steroid dienone is 3. The quantitative estimate of drug-likeness (QED) is 0.627. The van der Waals surface area contributed by atoms with E-state index in [1.165, 1.54) is 11.6 Å². The van der Waals surface area contributed by atoms with Crippen molar-refractivity contribution in [2.75, 3.05) is 26.4 Å². The molecule has 3 heterocycles. The standard InChI is InChI=1S/C23H27FN2O2/c1-17-12-22-18-13-19(24)15-21(14-18)28-11-5-10-27-9-4-2-3-6-20-7-8-26(16-17)23(22)25-20/h7-8,12-15H,2-6,9-11,16H2,1H3. The van der Waals surface area contributed by atoms with E-state index in [9.17, 15) is 4.39 Å². The first kappa shape index (κ1) is 18.9. The molecule has 1 aromatic rings. The van der Waals surface area contributed by atoms with Crippen LogP contribution in [-0.2, 0) is 4.74 Å². The summed E-state index contributed by atoms with van der Waals surface area (Å²) in [5.41, 5.74) is 4.04. The van der Waals surface area contributed by atoms with Gasteiger partial charge in [-0.2, -0.15) is 0 Å². The number of hydrogen-bond donors (Lipinski definition) is 0. The zero-order valence-electron chi connectivity index (χ0n) is 16.4. The minimum absolute atomic E-state index is 0.298. The number of hydrogen-bond acceptors (Lipinski definition) is 4. The normalized spacial score (nSPS) is 20.9. The molecular formula is C23H27FN2O2. The van der Waals surface area contributed by atoms with E-state index >= 15 is 0 Å². The van der Waals surface area contributed by atoms with Gasteiger partial charge in [-0.1, -0.05) is 12.0 Å². The number of rotatable bonds is 0. The Morgan fingerprint density at radius 3 is 2.86 bits per heavy atom. The van der Waals surface area contributed by atoms with E-state index in [0.29, 0.717) is 19.0 Å². The summed E-state index contributed by atoms with van der Waals surface area (Å²) < 4.78 is 25.8. The molecule has 3 aliphatic rings. The van der Waals surface area contributed by atoms with Gasteiger partial charge < -0.3 is 14.4 Å². The van der Waals surface area contributed by atoms with Crippen LogP contribution in [0.1, 0.15) is 44.6 Å². The van der Waals surface area contributed by atoms with Gasteiger partial charge in [0.25, 0.3) is 0 Å². The summed E-state index contributed by atoms with van der Waals surface area (Å²) in [5.74, 6) is 1.15. The summed E-state index contributed by atoms with van der Waals surface area (Å²) >= 11 is 0. The average molecular weight is 382 g/mol. The molecule has 28 heavy (non-hydrogen) atoms. The van der Waals surface area contributed by atoms with Gasteiger partial charge in [0.15, 0.2) is 0 Å². The first-order chi connectivity index (χ1) is 13.7. The summed E-state index contributed by atoms with van der Waals surface area (Å²) in [6.45, 7) is 4.86. The molecular weight excluding hydrogens is 355 g/mol. The molecule has 0 atom stereocenters. The number of ether oxygens (including phenoxy) is 2. The summed E-state index contributed by atoms with van der Waals surface area (Å²) in [7, 11) is 0. The predicted molar refractivity (Wildman–Crippen MR) is 110 cm³/mol. The molecule has 4 nitrogen and oxygen atoms in total. The second kappa shape index (κ2) is 8.74. The Balaban J connectivity index is 1.73. The second-order valence-corrected chi connectivity index (χ2v) is 7.58. The van der Waals surface area contributed by atoms with Gasteiger partial charge in [-0.3, -0.25) is 0 Å². The summed E-state index contributed by atoms with van der Waals surface area (Å²) in [5, 5.41) is 0. The molecule has 4 bridgehead atoms. The van der Waals surface area contributed by atoms with E-state index in [2.05, 4.69) is 30.2 Å².